The van der Waals surface area contributed by atoms with Crippen LogP contribution in [-0.2, 0) is 12.8 Å². The molecule has 0 fully saturated rings. The van der Waals surface area contributed by atoms with E-state index in [1.165, 1.54) is 5.56 Å². The van der Waals surface area contributed by atoms with Crippen molar-refractivity contribution in [1.82, 2.24) is 10.3 Å². The number of fused-ring (bicyclic) bond motifs is 3. The van der Waals surface area contributed by atoms with Crippen LogP contribution in [0.15, 0.2) is 36.4 Å². The summed E-state index contributed by atoms with van der Waals surface area (Å²) in [6.07, 6.45) is 1.54. The van der Waals surface area contributed by atoms with E-state index in [2.05, 4.69) is 10.3 Å². The average Bonchev–Trinajstić information content (AvgIpc) is 3.18. The minimum atomic E-state index is -0.179. The molecule has 1 amide bonds. The highest BCUT2D eigenvalue weighted by molar-refractivity contribution is 6.31. The van der Waals surface area contributed by atoms with Crippen LogP contribution < -0.4 is 14.8 Å². The molecule has 1 aromatic heterocycles. The Bertz CT molecular complexity index is 996. The third-order valence-electron chi connectivity index (χ3n) is 4.84. The van der Waals surface area contributed by atoms with Crippen molar-refractivity contribution in [2.24, 2.45) is 0 Å². The second-order valence-corrected chi connectivity index (χ2v) is 6.85. The van der Waals surface area contributed by atoms with Crippen LogP contribution >= 0.6 is 11.6 Å². The van der Waals surface area contributed by atoms with E-state index in [-0.39, 0.29) is 11.9 Å². The number of halogens is 1. The second-order valence-electron chi connectivity index (χ2n) is 6.42. The first-order valence-electron chi connectivity index (χ1n) is 8.41. The maximum absolute atomic E-state index is 12.7. The molecule has 0 aliphatic heterocycles. The lowest BCUT2D eigenvalue weighted by molar-refractivity contribution is 0.0935. The molecule has 0 spiro atoms. The molecule has 4 rings (SSSR count). The Kier molecular flexibility index (Phi) is 4.24. The molecule has 5 nitrogen and oxygen atoms in total. The average molecular weight is 371 g/mol. The molecule has 1 atom stereocenters. The number of hydrogen-bond acceptors (Lipinski definition) is 3. The predicted molar refractivity (Wildman–Crippen MR) is 102 cm³/mol. The third-order valence-corrected chi connectivity index (χ3v) is 5.08. The lowest BCUT2D eigenvalue weighted by Gasteiger charge is -2.14. The summed E-state index contributed by atoms with van der Waals surface area (Å²) in [7, 11) is 3.20. The van der Waals surface area contributed by atoms with Crippen LogP contribution in [-0.4, -0.2) is 31.2 Å². The van der Waals surface area contributed by atoms with Gasteiger partial charge in [0, 0.05) is 34.1 Å². The normalized spacial score (nSPS) is 15.7. The monoisotopic (exact) mass is 370 g/mol. The number of aromatic nitrogens is 1. The van der Waals surface area contributed by atoms with Crippen LogP contribution in [0.3, 0.4) is 0 Å². The van der Waals surface area contributed by atoms with Crippen LogP contribution in [0.1, 0.15) is 21.6 Å². The summed E-state index contributed by atoms with van der Waals surface area (Å²) in [5, 5.41) is 4.75. The number of ether oxygens (including phenoxy) is 2. The molecule has 1 aliphatic carbocycles. The van der Waals surface area contributed by atoms with E-state index in [9.17, 15) is 4.79 Å². The predicted octanol–water partition coefficient (Wildman–Crippen LogP) is 3.74. The van der Waals surface area contributed by atoms with Crippen molar-refractivity contribution in [2.45, 2.75) is 18.9 Å². The Hall–Kier alpha value is -2.66. The lowest BCUT2D eigenvalue weighted by atomic mass is 10.1. The van der Waals surface area contributed by atoms with Crippen molar-refractivity contribution < 1.29 is 14.3 Å². The Balaban J connectivity index is 1.55. The van der Waals surface area contributed by atoms with Crippen LogP contribution in [0, 0.1) is 0 Å². The SMILES string of the molecule is COc1ccc2[nH]c3c(c2c1)CC(NC(=O)c1cc(Cl)ccc1OC)C3. The molecule has 1 heterocycles. The number of nitrogens with one attached hydrogen (secondary N) is 2. The smallest absolute Gasteiger partial charge is 0.255 e. The summed E-state index contributed by atoms with van der Waals surface area (Å²) < 4.78 is 10.6. The molecule has 2 N–H and O–H groups in total. The van der Waals surface area contributed by atoms with Gasteiger partial charge in [-0.15, -0.1) is 0 Å². The molecular weight excluding hydrogens is 352 g/mol. The van der Waals surface area contributed by atoms with Gasteiger partial charge in [0.1, 0.15) is 11.5 Å². The highest BCUT2D eigenvalue weighted by Crippen LogP contribution is 2.32. The zero-order chi connectivity index (χ0) is 18.3. The number of carbonyl (C=O) groups excluding carboxylic acids is 1. The quantitative estimate of drug-likeness (QED) is 0.735. The molecule has 1 unspecified atom stereocenters. The van der Waals surface area contributed by atoms with E-state index < -0.39 is 0 Å². The van der Waals surface area contributed by atoms with Gasteiger partial charge in [0.05, 0.1) is 19.8 Å². The zero-order valence-electron chi connectivity index (χ0n) is 14.6. The summed E-state index contributed by atoms with van der Waals surface area (Å²) in [5.41, 5.74) is 3.94. The van der Waals surface area contributed by atoms with Gasteiger partial charge in [0.15, 0.2) is 0 Å². The molecule has 6 heteroatoms. The molecule has 134 valence electrons. The molecule has 1 aliphatic rings. The highest BCUT2D eigenvalue weighted by atomic mass is 35.5. The first-order chi connectivity index (χ1) is 12.6. The van der Waals surface area contributed by atoms with Crippen molar-refractivity contribution >= 4 is 28.4 Å². The van der Waals surface area contributed by atoms with Crippen LogP contribution in [0.25, 0.3) is 10.9 Å². The zero-order valence-corrected chi connectivity index (χ0v) is 15.3. The molecular formula is C20H19ClN2O3. The first kappa shape index (κ1) is 16.8. The molecule has 0 radical (unpaired) electrons. The van der Waals surface area contributed by atoms with Gasteiger partial charge >= 0.3 is 0 Å². The molecule has 2 aromatic carbocycles. The fourth-order valence-corrected chi connectivity index (χ4v) is 3.78. The van der Waals surface area contributed by atoms with Crippen molar-refractivity contribution in [1.29, 1.82) is 0 Å². The largest absolute Gasteiger partial charge is 0.497 e. The molecule has 3 aromatic rings. The topological polar surface area (TPSA) is 63.3 Å². The van der Waals surface area contributed by atoms with E-state index in [0.29, 0.717) is 16.3 Å². The van der Waals surface area contributed by atoms with Crippen LogP contribution in [0.4, 0.5) is 0 Å². The number of methoxy groups -OCH3 is 2. The summed E-state index contributed by atoms with van der Waals surface area (Å²) in [4.78, 5) is 16.1. The number of hydrogen-bond donors (Lipinski definition) is 2. The third kappa shape index (κ3) is 2.88. The van der Waals surface area contributed by atoms with Crippen LogP contribution in [0.2, 0.25) is 5.02 Å². The van der Waals surface area contributed by atoms with Gasteiger partial charge in [-0.1, -0.05) is 11.6 Å². The van der Waals surface area contributed by atoms with Crippen LogP contribution in [0.5, 0.6) is 11.5 Å². The summed E-state index contributed by atoms with van der Waals surface area (Å²) in [6, 6.07) is 11.1. The number of amides is 1. The maximum Gasteiger partial charge on any atom is 0.255 e. The molecule has 26 heavy (non-hydrogen) atoms. The van der Waals surface area contributed by atoms with Crippen molar-refractivity contribution in [3.63, 3.8) is 0 Å². The van der Waals surface area contributed by atoms with Gasteiger partial charge in [-0.05, 0) is 48.4 Å². The second kappa shape index (κ2) is 6.57. The van der Waals surface area contributed by atoms with Gasteiger partial charge < -0.3 is 19.8 Å². The number of carbonyl (C=O) groups is 1. The van der Waals surface area contributed by atoms with Gasteiger partial charge in [-0.25, -0.2) is 0 Å². The van der Waals surface area contributed by atoms with Gasteiger partial charge in [0.2, 0.25) is 0 Å². The summed E-state index contributed by atoms with van der Waals surface area (Å²) in [6.45, 7) is 0. The van der Waals surface area contributed by atoms with E-state index in [1.54, 1.807) is 32.4 Å². The molecule has 0 saturated heterocycles. The number of benzene rings is 2. The Morgan fingerprint density at radius 1 is 1.15 bits per heavy atom. The fourth-order valence-electron chi connectivity index (χ4n) is 3.60. The maximum atomic E-state index is 12.7. The van der Waals surface area contributed by atoms with E-state index in [0.717, 1.165) is 35.2 Å². The Labute approximate surface area is 156 Å². The Morgan fingerprint density at radius 2 is 2.00 bits per heavy atom. The van der Waals surface area contributed by atoms with E-state index in [1.807, 2.05) is 18.2 Å². The van der Waals surface area contributed by atoms with E-state index >= 15 is 0 Å². The van der Waals surface area contributed by atoms with E-state index in [4.69, 9.17) is 21.1 Å². The van der Waals surface area contributed by atoms with Gasteiger partial charge in [0.25, 0.3) is 5.91 Å². The fraction of sp³-hybridized carbons (Fsp3) is 0.250. The number of aromatic amines is 1. The van der Waals surface area contributed by atoms with Gasteiger partial charge in [-0.2, -0.15) is 0 Å². The number of H-pyrrole nitrogens is 1. The number of rotatable bonds is 4. The summed E-state index contributed by atoms with van der Waals surface area (Å²) in [5.74, 6) is 1.16. The van der Waals surface area contributed by atoms with Crippen molar-refractivity contribution in [3.8, 4) is 11.5 Å². The lowest BCUT2D eigenvalue weighted by Crippen LogP contribution is -2.35. The minimum absolute atomic E-state index is 0.0306. The van der Waals surface area contributed by atoms with Crippen molar-refractivity contribution in [2.75, 3.05) is 14.2 Å². The first-order valence-corrected chi connectivity index (χ1v) is 8.78. The Morgan fingerprint density at radius 3 is 2.77 bits per heavy atom. The van der Waals surface area contributed by atoms with Gasteiger partial charge in [-0.3, -0.25) is 4.79 Å². The standard InChI is InChI=1S/C20H19ClN2O3/c1-25-13-4-5-17-15(10-13)14-8-12(9-18(14)23-17)22-20(24)16-7-11(21)3-6-19(16)26-2/h3-7,10,12,23H,8-9H2,1-2H3,(H,22,24). The molecule has 0 saturated carbocycles. The van der Waals surface area contributed by atoms with Crippen molar-refractivity contribution in [3.05, 3.63) is 58.2 Å². The minimum Gasteiger partial charge on any atom is -0.497 e. The highest BCUT2D eigenvalue weighted by Gasteiger charge is 2.27. The summed E-state index contributed by atoms with van der Waals surface area (Å²) >= 11 is 6.03. The molecule has 0 bridgehead atoms.